The summed E-state index contributed by atoms with van der Waals surface area (Å²) in [5.41, 5.74) is 1.65. The van der Waals surface area contributed by atoms with E-state index in [9.17, 15) is 0 Å². The van der Waals surface area contributed by atoms with Crippen molar-refractivity contribution in [1.82, 2.24) is 14.7 Å². The van der Waals surface area contributed by atoms with Crippen LogP contribution < -0.4 is 0 Å². The molecule has 1 heterocycles. The minimum absolute atomic E-state index is 0.365. The molecule has 0 fully saturated rings. The fourth-order valence-electron chi connectivity index (χ4n) is 3.05. The van der Waals surface area contributed by atoms with Gasteiger partial charge in [0.25, 0.3) is 0 Å². The van der Waals surface area contributed by atoms with E-state index in [2.05, 4.69) is 49.7 Å². The molecule has 0 N–H and O–H groups in total. The average molecular weight is 283 g/mol. The van der Waals surface area contributed by atoms with Gasteiger partial charge in [-0.25, -0.2) is 0 Å². The van der Waals surface area contributed by atoms with Crippen LogP contribution in [-0.4, -0.2) is 34.0 Å². The van der Waals surface area contributed by atoms with Crippen LogP contribution in [0, 0.1) is 5.41 Å². The lowest BCUT2D eigenvalue weighted by atomic mass is 9.80. The lowest BCUT2D eigenvalue weighted by Gasteiger charge is -2.36. The molecule has 0 spiro atoms. The monoisotopic (exact) mass is 283 g/mol. The number of thiol groups is 1. The van der Waals surface area contributed by atoms with Crippen molar-refractivity contribution >= 4 is 12.6 Å². The van der Waals surface area contributed by atoms with E-state index in [1.54, 1.807) is 0 Å². The van der Waals surface area contributed by atoms with Gasteiger partial charge in [-0.15, -0.1) is 0 Å². The highest BCUT2D eigenvalue weighted by Crippen LogP contribution is 2.32. The van der Waals surface area contributed by atoms with Crippen molar-refractivity contribution in [3.63, 3.8) is 0 Å². The molecule has 1 aromatic heterocycles. The highest BCUT2D eigenvalue weighted by atomic mass is 32.1. The second-order valence-corrected chi connectivity index (χ2v) is 6.17. The van der Waals surface area contributed by atoms with Gasteiger partial charge in [-0.3, -0.25) is 4.68 Å². The molecule has 0 saturated heterocycles. The van der Waals surface area contributed by atoms with Crippen LogP contribution in [0.25, 0.3) is 0 Å². The fourth-order valence-corrected chi connectivity index (χ4v) is 3.46. The second-order valence-electron chi connectivity index (χ2n) is 5.85. The molecular formula is C15H29N3S. The van der Waals surface area contributed by atoms with Crippen LogP contribution in [0.15, 0.2) is 12.4 Å². The van der Waals surface area contributed by atoms with Gasteiger partial charge in [-0.2, -0.15) is 17.7 Å². The number of nitrogens with zero attached hydrogens (tertiary/aromatic N) is 3. The minimum atomic E-state index is 0.365. The number of hydrogen-bond donors (Lipinski definition) is 1. The zero-order valence-corrected chi connectivity index (χ0v) is 13.8. The molecule has 0 saturated carbocycles. The first-order valence-corrected chi connectivity index (χ1v) is 7.95. The Balaban J connectivity index is 2.61. The van der Waals surface area contributed by atoms with Gasteiger partial charge in [0.05, 0.1) is 6.20 Å². The highest BCUT2D eigenvalue weighted by Gasteiger charge is 2.28. The molecule has 0 aliphatic carbocycles. The average Bonchev–Trinajstić information content (AvgIpc) is 2.75. The summed E-state index contributed by atoms with van der Waals surface area (Å²) in [6, 6.07) is 0. The Morgan fingerprint density at radius 2 is 1.95 bits per heavy atom. The van der Waals surface area contributed by atoms with E-state index in [0.717, 1.165) is 18.8 Å². The standard InChI is InChI=1S/C15H29N3S/c1-5-7-15(13-19,8-6-2)12-17(3)10-14-9-16-18(4)11-14/h9,11,19H,5-8,10,12-13H2,1-4H3. The Morgan fingerprint density at radius 1 is 1.32 bits per heavy atom. The summed E-state index contributed by atoms with van der Waals surface area (Å²) < 4.78 is 1.87. The van der Waals surface area contributed by atoms with Crippen LogP contribution in [0.5, 0.6) is 0 Å². The molecule has 0 bridgehead atoms. The van der Waals surface area contributed by atoms with Crippen molar-refractivity contribution in [3.8, 4) is 0 Å². The van der Waals surface area contributed by atoms with Gasteiger partial charge in [0, 0.05) is 31.9 Å². The maximum Gasteiger partial charge on any atom is 0.0534 e. The third-order valence-electron chi connectivity index (χ3n) is 3.71. The first kappa shape index (κ1) is 16.6. The Hall–Kier alpha value is -0.480. The van der Waals surface area contributed by atoms with Crippen LogP contribution in [0.2, 0.25) is 0 Å². The van der Waals surface area contributed by atoms with E-state index in [1.165, 1.54) is 31.2 Å². The van der Waals surface area contributed by atoms with Crippen molar-refractivity contribution in [2.45, 2.75) is 46.1 Å². The van der Waals surface area contributed by atoms with E-state index in [-0.39, 0.29) is 0 Å². The van der Waals surface area contributed by atoms with E-state index in [4.69, 9.17) is 0 Å². The van der Waals surface area contributed by atoms with Crippen LogP contribution in [0.1, 0.15) is 45.1 Å². The summed E-state index contributed by atoms with van der Waals surface area (Å²) in [6.07, 6.45) is 9.06. The van der Waals surface area contributed by atoms with Crippen LogP contribution in [0.3, 0.4) is 0 Å². The maximum atomic E-state index is 4.63. The Morgan fingerprint density at radius 3 is 2.37 bits per heavy atom. The Kier molecular flexibility index (Phi) is 6.94. The molecule has 0 unspecified atom stereocenters. The molecule has 0 atom stereocenters. The molecule has 0 amide bonds. The fraction of sp³-hybridized carbons (Fsp3) is 0.800. The van der Waals surface area contributed by atoms with Gasteiger partial charge in [0.15, 0.2) is 0 Å². The lowest BCUT2D eigenvalue weighted by Crippen LogP contribution is -2.37. The van der Waals surface area contributed by atoms with Gasteiger partial charge in [0.2, 0.25) is 0 Å². The Labute approximate surface area is 123 Å². The molecule has 1 aromatic rings. The van der Waals surface area contributed by atoms with Crippen molar-refractivity contribution in [3.05, 3.63) is 18.0 Å². The number of aromatic nitrogens is 2. The largest absolute Gasteiger partial charge is 0.301 e. The van der Waals surface area contributed by atoms with Crippen molar-refractivity contribution in [1.29, 1.82) is 0 Å². The van der Waals surface area contributed by atoms with Crippen molar-refractivity contribution in [2.24, 2.45) is 12.5 Å². The van der Waals surface area contributed by atoms with E-state index >= 15 is 0 Å². The molecule has 19 heavy (non-hydrogen) atoms. The molecule has 3 nitrogen and oxygen atoms in total. The summed E-state index contributed by atoms with van der Waals surface area (Å²) in [4.78, 5) is 2.42. The van der Waals surface area contributed by atoms with Gasteiger partial charge >= 0.3 is 0 Å². The smallest absolute Gasteiger partial charge is 0.0534 e. The SMILES string of the molecule is CCCC(CS)(CCC)CN(C)Cc1cnn(C)c1. The quantitative estimate of drug-likeness (QED) is 0.702. The molecule has 0 radical (unpaired) electrons. The minimum Gasteiger partial charge on any atom is -0.301 e. The molecule has 1 rings (SSSR count). The van der Waals surface area contributed by atoms with Crippen LogP contribution >= 0.6 is 12.6 Å². The third kappa shape index (κ3) is 5.19. The third-order valence-corrected chi connectivity index (χ3v) is 4.38. The van der Waals surface area contributed by atoms with Crippen molar-refractivity contribution < 1.29 is 0 Å². The van der Waals surface area contributed by atoms with E-state index in [0.29, 0.717) is 5.41 Å². The van der Waals surface area contributed by atoms with Crippen LogP contribution in [0.4, 0.5) is 0 Å². The molecule has 4 heteroatoms. The van der Waals surface area contributed by atoms with Crippen LogP contribution in [-0.2, 0) is 13.6 Å². The first-order chi connectivity index (χ1) is 9.05. The molecular weight excluding hydrogens is 254 g/mol. The molecule has 0 aliphatic rings. The lowest BCUT2D eigenvalue weighted by molar-refractivity contribution is 0.165. The van der Waals surface area contributed by atoms with Gasteiger partial charge in [0.1, 0.15) is 0 Å². The number of rotatable bonds is 9. The van der Waals surface area contributed by atoms with Gasteiger partial charge in [-0.1, -0.05) is 26.7 Å². The summed E-state index contributed by atoms with van der Waals surface area (Å²) in [7, 11) is 4.17. The van der Waals surface area contributed by atoms with Crippen molar-refractivity contribution in [2.75, 3.05) is 19.3 Å². The molecule has 0 aromatic carbocycles. The summed E-state index contributed by atoms with van der Waals surface area (Å²) >= 11 is 4.63. The van der Waals surface area contributed by atoms with E-state index < -0.39 is 0 Å². The van der Waals surface area contributed by atoms with Gasteiger partial charge in [-0.05, 0) is 31.1 Å². The maximum absolute atomic E-state index is 4.63. The predicted molar refractivity (Wildman–Crippen MR) is 85.6 cm³/mol. The summed E-state index contributed by atoms with van der Waals surface area (Å²) in [5, 5.41) is 4.23. The Bertz CT molecular complexity index is 356. The zero-order chi connectivity index (χ0) is 14.3. The van der Waals surface area contributed by atoms with Gasteiger partial charge < -0.3 is 4.90 Å². The normalized spacial score (nSPS) is 12.3. The predicted octanol–water partition coefficient (Wildman–Crippen LogP) is 3.37. The number of hydrogen-bond acceptors (Lipinski definition) is 3. The van der Waals surface area contributed by atoms with E-state index in [1.807, 2.05) is 17.9 Å². The topological polar surface area (TPSA) is 21.1 Å². The highest BCUT2D eigenvalue weighted by molar-refractivity contribution is 7.80. The molecule has 110 valence electrons. The zero-order valence-electron chi connectivity index (χ0n) is 12.9. The summed E-state index contributed by atoms with van der Waals surface area (Å²) in [6.45, 7) is 6.63. The molecule has 0 aliphatic heterocycles. The first-order valence-electron chi connectivity index (χ1n) is 7.32. The second kappa shape index (κ2) is 7.95. The summed E-state index contributed by atoms with van der Waals surface area (Å²) in [5.74, 6) is 0.978. The number of aryl methyl sites for hydroxylation is 1.